The third-order valence-electron chi connectivity index (χ3n) is 16.0. The number of fused-ring (bicyclic) bond motifs is 3. The second-order valence-corrected chi connectivity index (χ2v) is 22.0. The van der Waals surface area contributed by atoms with Crippen molar-refractivity contribution in [3.63, 3.8) is 0 Å². The molecule has 0 radical (unpaired) electrons. The molecule has 0 aromatic rings. The van der Waals surface area contributed by atoms with Crippen molar-refractivity contribution in [3.8, 4) is 0 Å². The van der Waals surface area contributed by atoms with Gasteiger partial charge in [-0.3, -0.25) is 19.2 Å². The van der Waals surface area contributed by atoms with E-state index in [1.54, 1.807) is 72.1 Å². The third kappa shape index (κ3) is 17.5. The molecule has 4 rings (SSSR count). The quantitative estimate of drug-likeness (QED) is 0.0792. The summed E-state index contributed by atoms with van der Waals surface area (Å²) in [5.74, 6) is -9.14. The normalized spacial score (nSPS) is 38.4. The molecule has 0 aromatic heterocycles. The van der Waals surface area contributed by atoms with Gasteiger partial charge in [0.05, 0.1) is 37.6 Å². The summed E-state index contributed by atoms with van der Waals surface area (Å²) in [5.41, 5.74) is 0.912. The van der Waals surface area contributed by atoms with Gasteiger partial charge in [0.1, 0.15) is 54.6 Å². The molecule has 3 fully saturated rings. The van der Waals surface area contributed by atoms with Crippen LogP contribution in [0.5, 0.6) is 0 Å². The van der Waals surface area contributed by atoms with E-state index >= 15 is 0 Å². The third-order valence-corrected chi connectivity index (χ3v) is 16.0. The van der Waals surface area contributed by atoms with E-state index in [1.165, 1.54) is 7.11 Å². The molecule has 0 aromatic carbocycles. The fourth-order valence-electron chi connectivity index (χ4n) is 10.9. The highest BCUT2D eigenvalue weighted by molar-refractivity contribution is 6.39. The number of hydrogen-bond donors (Lipinski definition) is 8. The number of allylic oxidation sites excluding steroid dienone is 6. The summed E-state index contributed by atoms with van der Waals surface area (Å²) in [4.78, 5) is 72.5. The largest absolute Gasteiger partial charge is 0.460 e. The minimum absolute atomic E-state index is 0.00685. The number of aliphatic hydroxyl groups excluding tert-OH is 7. The highest BCUT2D eigenvalue weighted by Gasteiger charge is 2.53. The van der Waals surface area contributed by atoms with Crippen LogP contribution < -0.4 is 0 Å². The molecule has 19 heteroatoms. The van der Waals surface area contributed by atoms with Gasteiger partial charge >= 0.3 is 5.97 Å². The van der Waals surface area contributed by atoms with Gasteiger partial charge in [-0.15, -0.1) is 0 Å². The van der Waals surface area contributed by atoms with Gasteiger partial charge in [0.2, 0.25) is 5.79 Å². The van der Waals surface area contributed by atoms with Crippen molar-refractivity contribution >= 4 is 29.2 Å². The topological polar surface area (TPSA) is 297 Å². The van der Waals surface area contributed by atoms with Gasteiger partial charge in [0.15, 0.2) is 5.78 Å². The zero-order valence-electron chi connectivity index (χ0n) is 45.6. The highest BCUT2D eigenvalue weighted by Crippen LogP contribution is 2.38. The smallest absolute Gasteiger partial charge is 0.329 e. The minimum Gasteiger partial charge on any atom is -0.460 e. The maximum absolute atomic E-state index is 14.5. The first-order valence-corrected chi connectivity index (χ1v) is 27.0. The number of methoxy groups -OCH3 is 2. The molecule has 3 heterocycles. The summed E-state index contributed by atoms with van der Waals surface area (Å²) in [6.07, 6.45) is 0.805. The van der Waals surface area contributed by atoms with E-state index in [0.717, 1.165) is 4.90 Å². The Morgan fingerprint density at radius 3 is 2.19 bits per heavy atom. The first-order valence-electron chi connectivity index (χ1n) is 27.0. The number of amides is 1. The molecule has 1 aliphatic carbocycles. The number of hydrogen-bond acceptors (Lipinski definition) is 18. The SMILES string of the molecule is CO[C@@H]1C[C@H](C[C@@H](C)[C@@H]2CC(=O)[C@H](C)/C=C(\C)[C@@H](O)[C@@H](OC)C(=O)[C@H](C)C[C@H](C)/C=C/C=C/C=C(\C)[C@@H](OC[C@@H](O)[C@@H](O)[C@H](O)[C@H](O)CO)C[C@@H]3CC[C@@H](C)[C@@](O)(O3)C(=O)C(=O)N3CCCC[C@H]3C(=O)O2)CC[C@H]1O. The second kappa shape index (κ2) is 30.0. The molecule has 75 heavy (non-hydrogen) atoms. The number of aliphatic hydroxyl groups is 8. The Balaban J connectivity index is 1.73. The van der Waals surface area contributed by atoms with Gasteiger partial charge < -0.3 is 69.4 Å². The molecule has 3 aliphatic heterocycles. The van der Waals surface area contributed by atoms with Crippen molar-refractivity contribution in [2.24, 2.45) is 35.5 Å². The molecule has 1 amide bonds. The number of ether oxygens (including phenoxy) is 5. The van der Waals surface area contributed by atoms with Gasteiger partial charge in [0, 0.05) is 51.4 Å². The van der Waals surface area contributed by atoms with Gasteiger partial charge in [0.25, 0.3) is 11.7 Å². The number of carbonyl (C=O) groups excluding carboxylic acids is 5. The average molecular weight is 1060 g/mol. The number of carbonyl (C=O) groups is 5. The Morgan fingerprint density at radius 2 is 1.52 bits per heavy atom. The Bertz CT molecular complexity index is 2010. The van der Waals surface area contributed by atoms with Gasteiger partial charge in [-0.2, -0.15) is 0 Å². The molecule has 0 unspecified atom stereocenters. The Labute approximate surface area is 443 Å². The van der Waals surface area contributed by atoms with Crippen molar-refractivity contribution in [3.05, 3.63) is 47.6 Å². The Hall–Kier alpha value is -3.57. The number of rotatable bonds is 12. The molecule has 8 N–H and O–H groups in total. The van der Waals surface area contributed by atoms with E-state index in [9.17, 15) is 64.8 Å². The number of cyclic esters (lactones) is 1. The van der Waals surface area contributed by atoms with Crippen LogP contribution in [0.15, 0.2) is 47.6 Å². The van der Waals surface area contributed by atoms with Crippen LogP contribution in [-0.4, -0.2) is 188 Å². The highest BCUT2D eigenvalue weighted by atomic mass is 16.6. The molecule has 426 valence electrons. The van der Waals surface area contributed by atoms with Crippen molar-refractivity contribution in [1.82, 2.24) is 4.90 Å². The lowest BCUT2D eigenvalue weighted by Gasteiger charge is -2.43. The fraction of sp³-hybridized carbons (Fsp3) is 0.768. The van der Waals surface area contributed by atoms with Crippen LogP contribution >= 0.6 is 0 Å². The fourth-order valence-corrected chi connectivity index (χ4v) is 10.9. The molecule has 2 bridgehead atoms. The number of nitrogens with zero attached hydrogens (tertiary/aromatic N) is 1. The number of ketones is 3. The van der Waals surface area contributed by atoms with Crippen molar-refractivity contribution < 1.29 is 88.5 Å². The van der Waals surface area contributed by atoms with Crippen LogP contribution in [0.3, 0.4) is 0 Å². The lowest BCUT2D eigenvalue weighted by Crippen LogP contribution is -2.61. The number of esters is 1. The van der Waals surface area contributed by atoms with E-state index < -0.39 is 127 Å². The maximum atomic E-state index is 14.5. The summed E-state index contributed by atoms with van der Waals surface area (Å²) >= 11 is 0. The van der Waals surface area contributed by atoms with Crippen molar-refractivity contribution in [2.75, 3.05) is 34.0 Å². The average Bonchev–Trinajstić information content (AvgIpc) is 3.39. The van der Waals surface area contributed by atoms with Crippen LogP contribution in [0.25, 0.3) is 0 Å². The Morgan fingerprint density at radius 1 is 0.827 bits per heavy atom. The molecule has 4 aliphatic rings. The molecular formula is C56H89NO18. The minimum atomic E-state index is -2.63. The summed E-state index contributed by atoms with van der Waals surface area (Å²) < 4.78 is 29.7. The summed E-state index contributed by atoms with van der Waals surface area (Å²) in [5, 5.41) is 84.9. The molecule has 19 atom stereocenters. The predicted octanol–water partition coefficient (Wildman–Crippen LogP) is 2.99. The van der Waals surface area contributed by atoms with Gasteiger partial charge in [-0.05, 0) is 107 Å². The van der Waals surface area contributed by atoms with E-state index in [0.29, 0.717) is 62.5 Å². The molecule has 1 saturated carbocycles. The zero-order chi connectivity index (χ0) is 55.9. The monoisotopic (exact) mass is 1060 g/mol. The molecule has 19 nitrogen and oxygen atoms in total. The van der Waals surface area contributed by atoms with Crippen molar-refractivity contribution in [2.45, 2.75) is 204 Å². The summed E-state index contributed by atoms with van der Waals surface area (Å²) in [6, 6.07) is -1.24. The standard InChI is InChI=1S/C56H89NO18/c1-31-15-11-10-12-16-32(2)45(73-30-44(62)51(66)50(65)43(61)29-58)27-39-20-18-37(7)56(70,75-39)53(67)54(68)57-22-14-13-17-40(57)55(69)74-46(34(4)25-38-19-21-41(59)47(26-38)71-8)28-42(60)33(3)24-36(6)49(64)52(72-9)48(63)35(5)23-31/h10-12,15-16,24,31,33-35,37-41,43-47,49-52,58-59,61-62,64-66,70H,13-14,17-23,25-30H2,1-9H3/b12-10+,15-11+,32-16+,36-24+/t31-,33-,34-,35-,37-,38+,39+,40+,41-,43-,44-,45+,46+,47-,49-,50-,51-,52+,56-/m1/s1. The number of piperidine rings is 1. The van der Waals surface area contributed by atoms with Crippen LogP contribution in [0.1, 0.15) is 126 Å². The van der Waals surface area contributed by atoms with Crippen LogP contribution in [-0.2, 0) is 47.7 Å². The lowest BCUT2D eigenvalue weighted by molar-refractivity contribution is -0.266. The van der Waals surface area contributed by atoms with Crippen LogP contribution in [0.2, 0.25) is 0 Å². The molecule has 2 saturated heterocycles. The molecule has 0 spiro atoms. The number of Topliss-reactive ketones (excluding diaryl/α,β-unsaturated/α-hetero) is 3. The maximum Gasteiger partial charge on any atom is 0.329 e. The van der Waals surface area contributed by atoms with E-state index in [-0.39, 0.29) is 61.7 Å². The van der Waals surface area contributed by atoms with E-state index in [1.807, 2.05) is 19.9 Å². The second-order valence-electron chi connectivity index (χ2n) is 22.0. The summed E-state index contributed by atoms with van der Waals surface area (Å²) in [6.45, 7) is 10.7. The van der Waals surface area contributed by atoms with E-state index in [2.05, 4.69) is 0 Å². The predicted molar refractivity (Wildman–Crippen MR) is 275 cm³/mol. The van der Waals surface area contributed by atoms with Crippen LogP contribution in [0, 0.1) is 35.5 Å². The van der Waals surface area contributed by atoms with Crippen molar-refractivity contribution in [1.29, 1.82) is 0 Å². The first kappa shape index (κ1) is 64.0. The zero-order valence-corrected chi connectivity index (χ0v) is 45.6. The first-order chi connectivity index (χ1) is 35.4. The molecular weight excluding hydrogens is 975 g/mol. The van der Waals surface area contributed by atoms with Gasteiger partial charge in [-0.1, -0.05) is 71.1 Å². The van der Waals surface area contributed by atoms with Crippen LogP contribution in [0.4, 0.5) is 0 Å². The lowest BCUT2D eigenvalue weighted by atomic mass is 9.78. The van der Waals surface area contributed by atoms with Gasteiger partial charge in [-0.25, -0.2) is 4.79 Å². The summed E-state index contributed by atoms with van der Waals surface area (Å²) in [7, 11) is 2.88. The van der Waals surface area contributed by atoms with E-state index in [4.69, 9.17) is 23.7 Å². The Kier molecular flexibility index (Phi) is 25.6.